The molecule has 2 aromatic rings. The van der Waals surface area contributed by atoms with Gasteiger partial charge in [0.2, 0.25) is 5.75 Å². The molecule has 36 heavy (non-hydrogen) atoms. The SMILES string of the molecule is COc1cc(C2(CCCN(C)CC3(c4ccc(Cl)cc4)CCC3)SCCCS2)cc(OC)c1OC.Cl. The van der Waals surface area contributed by atoms with Crippen LogP contribution in [0.25, 0.3) is 0 Å². The van der Waals surface area contributed by atoms with Crippen LogP contribution >= 0.6 is 47.5 Å². The standard InChI is InChI=1S/C28H38ClNO3S2.ClH/c1-30(20-27(12-5-13-27)21-8-10-23(29)11-9-21)15-6-14-28(34-16-7-17-35-28)22-18-24(31-2)26(33-4)25(19-22)32-3;/h8-11,18-19H,5-7,12-17,20H2,1-4H3;1H. The van der Waals surface area contributed by atoms with Gasteiger partial charge in [0.25, 0.3) is 0 Å². The summed E-state index contributed by atoms with van der Waals surface area (Å²) in [5.41, 5.74) is 2.98. The van der Waals surface area contributed by atoms with E-state index in [1.54, 1.807) is 21.3 Å². The summed E-state index contributed by atoms with van der Waals surface area (Å²) >= 11 is 10.3. The lowest BCUT2D eigenvalue weighted by molar-refractivity contribution is 0.158. The van der Waals surface area contributed by atoms with Crippen molar-refractivity contribution in [2.24, 2.45) is 0 Å². The minimum Gasteiger partial charge on any atom is -0.493 e. The van der Waals surface area contributed by atoms with Crippen LogP contribution in [-0.4, -0.2) is 57.9 Å². The third-order valence-electron chi connectivity index (χ3n) is 7.45. The van der Waals surface area contributed by atoms with Gasteiger partial charge in [-0.3, -0.25) is 0 Å². The maximum absolute atomic E-state index is 6.15. The smallest absolute Gasteiger partial charge is 0.203 e. The summed E-state index contributed by atoms with van der Waals surface area (Å²) in [6.45, 7) is 2.19. The summed E-state index contributed by atoms with van der Waals surface area (Å²) in [5.74, 6) is 4.49. The Morgan fingerprint density at radius 2 is 1.50 bits per heavy atom. The quantitative estimate of drug-likeness (QED) is 0.275. The second-order valence-corrected chi connectivity index (χ2v) is 13.2. The Morgan fingerprint density at radius 3 is 2.00 bits per heavy atom. The highest BCUT2D eigenvalue weighted by molar-refractivity contribution is 8.18. The van der Waals surface area contributed by atoms with Crippen molar-refractivity contribution in [3.63, 3.8) is 0 Å². The molecule has 0 amide bonds. The Hall–Kier alpha value is -0.920. The predicted molar refractivity (Wildman–Crippen MR) is 158 cm³/mol. The maximum atomic E-state index is 6.15. The number of hydrogen-bond donors (Lipinski definition) is 0. The van der Waals surface area contributed by atoms with Crippen LogP contribution in [0.1, 0.15) is 49.7 Å². The number of likely N-dealkylation sites (N-methyl/N-ethyl adjacent to an activating group) is 1. The van der Waals surface area contributed by atoms with Gasteiger partial charge in [0.1, 0.15) is 0 Å². The van der Waals surface area contributed by atoms with Crippen molar-refractivity contribution in [2.75, 3.05) is 53.0 Å². The molecule has 200 valence electrons. The fraction of sp³-hybridized carbons (Fsp3) is 0.571. The van der Waals surface area contributed by atoms with E-state index >= 15 is 0 Å². The van der Waals surface area contributed by atoms with E-state index in [0.717, 1.165) is 42.5 Å². The number of thioether (sulfide) groups is 2. The zero-order valence-electron chi connectivity index (χ0n) is 21.8. The Labute approximate surface area is 236 Å². The molecule has 0 radical (unpaired) electrons. The van der Waals surface area contributed by atoms with E-state index in [2.05, 4.69) is 59.7 Å². The Bertz CT molecular complexity index is 954. The molecule has 2 fully saturated rings. The highest BCUT2D eigenvalue weighted by Gasteiger charge is 2.40. The van der Waals surface area contributed by atoms with Crippen LogP contribution in [0.3, 0.4) is 0 Å². The number of methoxy groups -OCH3 is 3. The molecule has 8 heteroatoms. The van der Waals surface area contributed by atoms with Gasteiger partial charge in [-0.2, -0.15) is 0 Å². The molecule has 4 nitrogen and oxygen atoms in total. The van der Waals surface area contributed by atoms with Crippen LogP contribution in [0, 0.1) is 0 Å². The Kier molecular flexibility index (Phi) is 10.9. The zero-order valence-corrected chi connectivity index (χ0v) is 25.0. The van der Waals surface area contributed by atoms with Crippen molar-refractivity contribution < 1.29 is 14.2 Å². The molecule has 0 aromatic heterocycles. The highest BCUT2D eigenvalue weighted by atomic mass is 35.5. The molecule has 1 aliphatic heterocycles. The average Bonchev–Trinajstić information content (AvgIpc) is 2.86. The molecule has 2 aromatic carbocycles. The van der Waals surface area contributed by atoms with Gasteiger partial charge in [-0.1, -0.05) is 30.2 Å². The maximum Gasteiger partial charge on any atom is 0.203 e. The van der Waals surface area contributed by atoms with Crippen LogP contribution < -0.4 is 14.2 Å². The van der Waals surface area contributed by atoms with E-state index in [4.69, 9.17) is 25.8 Å². The second kappa shape index (κ2) is 13.2. The van der Waals surface area contributed by atoms with Gasteiger partial charge in [-0.05, 0) is 92.6 Å². The molecule has 1 aliphatic carbocycles. The topological polar surface area (TPSA) is 30.9 Å². The molecule has 0 bridgehead atoms. The normalized spacial score (nSPS) is 18.2. The molecule has 0 N–H and O–H groups in total. The van der Waals surface area contributed by atoms with E-state index in [9.17, 15) is 0 Å². The monoisotopic (exact) mass is 571 g/mol. The molecule has 1 saturated carbocycles. The fourth-order valence-corrected chi connectivity index (χ4v) is 8.98. The third-order valence-corrected chi connectivity index (χ3v) is 11.2. The minimum absolute atomic E-state index is 0. The molecule has 0 spiro atoms. The van der Waals surface area contributed by atoms with E-state index in [0.29, 0.717) is 5.75 Å². The molecule has 1 heterocycles. The number of ether oxygens (including phenoxy) is 3. The van der Waals surface area contributed by atoms with Crippen molar-refractivity contribution in [3.8, 4) is 17.2 Å². The third kappa shape index (κ3) is 6.37. The van der Waals surface area contributed by atoms with Gasteiger partial charge in [-0.15, -0.1) is 35.9 Å². The number of nitrogens with zero attached hydrogens (tertiary/aromatic N) is 1. The van der Waals surface area contributed by atoms with Gasteiger partial charge < -0.3 is 19.1 Å². The molecule has 1 saturated heterocycles. The van der Waals surface area contributed by atoms with E-state index in [1.165, 1.54) is 48.3 Å². The fourth-order valence-electron chi connectivity index (χ4n) is 5.45. The second-order valence-electron chi connectivity index (χ2n) is 9.70. The van der Waals surface area contributed by atoms with Crippen LogP contribution in [0.2, 0.25) is 5.02 Å². The number of rotatable bonds is 11. The van der Waals surface area contributed by atoms with Gasteiger partial charge in [0.15, 0.2) is 11.5 Å². The largest absolute Gasteiger partial charge is 0.493 e. The number of halogens is 2. The Morgan fingerprint density at radius 1 is 0.889 bits per heavy atom. The lowest BCUT2D eigenvalue weighted by atomic mass is 9.64. The first-order valence-corrected chi connectivity index (χ1v) is 14.8. The van der Waals surface area contributed by atoms with Crippen LogP contribution in [-0.2, 0) is 9.49 Å². The van der Waals surface area contributed by atoms with Gasteiger partial charge in [-0.25, -0.2) is 0 Å². The average molecular weight is 573 g/mol. The minimum atomic E-state index is 0. The van der Waals surface area contributed by atoms with Crippen LogP contribution in [0.4, 0.5) is 0 Å². The van der Waals surface area contributed by atoms with E-state index in [-0.39, 0.29) is 21.9 Å². The van der Waals surface area contributed by atoms with Crippen molar-refractivity contribution in [1.29, 1.82) is 0 Å². The lowest BCUT2D eigenvalue weighted by Gasteiger charge is -2.45. The first-order chi connectivity index (χ1) is 16.9. The lowest BCUT2D eigenvalue weighted by Crippen LogP contribution is -2.44. The summed E-state index contributed by atoms with van der Waals surface area (Å²) in [6, 6.07) is 12.8. The van der Waals surface area contributed by atoms with Crippen molar-refractivity contribution >= 4 is 47.5 Å². The van der Waals surface area contributed by atoms with Crippen LogP contribution in [0.5, 0.6) is 17.2 Å². The zero-order chi connectivity index (χ0) is 24.9. The van der Waals surface area contributed by atoms with Crippen molar-refractivity contribution in [3.05, 3.63) is 52.5 Å². The molecule has 0 atom stereocenters. The summed E-state index contributed by atoms with van der Waals surface area (Å²) in [7, 11) is 7.33. The summed E-state index contributed by atoms with van der Waals surface area (Å²) in [5, 5.41) is 0.816. The van der Waals surface area contributed by atoms with E-state index < -0.39 is 0 Å². The predicted octanol–water partition coefficient (Wildman–Crippen LogP) is 7.64. The van der Waals surface area contributed by atoms with Gasteiger partial charge >= 0.3 is 0 Å². The first-order valence-electron chi connectivity index (χ1n) is 12.5. The summed E-state index contributed by atoms with van der Waals surface area (Å²) in [6.07, 6.45) is 7.35. The summed E-state index contributed by atoms with van der Waals surface area (Å²) in [4.78, 5) is 2.54. The molecule has 0 unspecified atom stereocenters. The van der Waals surface area contributed by atoms with Gasteiger partial charge in [0, 0.05) is 17.0 Å². The summed E-state index contributed by atoms with van der Waals surface area (Å²) < 4.78 is 16.9. The molecular formula is C28H39Cl2NO3S2. The number of hydrogen-bond acceptors (Lipinski definition) is 6. The Balaban J connectivity index is 0.00000361. The van der Waals surface area contributed by atoms with Crippen molar-refractivity contribution in [1.82, 2.24) is 4.90 Å². The van der Waals surface area contributed by atoms with Gasteiger partial charge in [0.05, 0.1) is 25.4 Å². The first kappa shape index (κ1) is 29.6. The van der Waals surface area contributed by atoms with E-state index in [1.807, 2.05) is 12.1 Å². The molecule has 2 aliphatic rings. The highest BCUT2D eigenvalue weighted by Crippen LogP contribution is 2.56. The number of benzene rings is 2. The van der Waals surface area contributed by atoms with Crippen molar-refractivity contribution in [2.45, 2.75) is 48.0 Å². The van der Waals surface area contributed by atoms with Crippen LogP contribution in [0.15, 0.2) is 36.4 Å². The molecule has 4 rings (SSSR count). The molecular weight excluding hydrogens is 533 g/mol.